The molecule has 0 aliphatic carbocycles. The van der Waals surface area contributed by atoms with Gasteiger partial charge in [-0.3, -0.25) is 9.69 Å². The largest absolute Gasteiger partial charge is 0.496 e. The lowest BCUT2D eigenvalue weighted by molar-refractivity contribution is 0.0757. The zero-order valence-electron chi connectivity index (χ0n) is 16.4. The van der Waals surface area contributed by atoms with Crippen LogP contribution in [0, 0.1) is 13.8 Å². The molecule has 146 valence electrons. The molecule has 1 saturated heterocycles. The average Bonchev–Trinajstić information content (AvgIpc) is 2.89. The Kier molecular flexibility index (Phi) is 6.44. The van der Waals surface area contributed by atoms with Crippen LogP contribution in [0.5, 0.6) is 5.75 Å². The summed E-state index contributed by atoms with van der Waals surface area (Å²) >= 11 is 1.64. The molecule has 1 aliphatic heterocycles. The summed E-state index contributed by atoms with van der Waals surface area (Å²) < 4.78 is 10.7. The molecular formula is C20H27N3O3S. The smallest absolute Gasteiger partial charge is 0.257 e. The van der Waals surface area contributed by atoms with E-state index >= 15 is 0 Å². The van der Waals surface area contributed by atoms with Crippen molar-refractivity contribution in [2.45, 2.75) is 31.7 Å². The number of benzene rings is 1. The van der Waals surface area contributed by atoms with Gasteiger partial charge in [0.1, 0.15) is 11.5 Å². The van der Waals surface area contributed by atoms with Crippen molar-refractivity contribution in [3.8, 4) is 5.75 Å². The fraction of sp³-hybridized carbons (Fsp3) is 0.500. The monoisotopic (exact) mass is 389 g/mol. The molecule has 2 aromatic rings. The van der Waals surface area contributed by atoms with E-state index in [4.69, 9.17) is 9.26 Å². The predicted molar refractivity (Wildman–Crippen MR) is 107 cm³/mol. The molecule has 1 aliphatic rings. The van der Waals surface area contributed by atoms with Crippen LogP contribution < -0.4 is 4.74 Å². The molecule has 0 atom stereocenters. The standard InChI is InChI=1S/C20H27N3O3S/c1-14-18(15(2)26-21-14)13-22-8-5-9-23(11-10-22)20(24)17-7-6-16(27-4)12-19(17)25-3/h6-7,12H,5,8-11,13H2,1-4H3. The van der Waals surface area contributed by atoms with E-state index in [0.717, 1.165) is 54.5 Å². The zero-order chi connectivity index (χ0) is 19.4. The number of nitrogens with zero attached hydrogens (tertiary/aromatic N) is 3. The first-order valence-corrected chi connectivity index (χ1v) is 10.4. The fourth-order valence-electron chi connectivity index (χ4n) is 3.43. The lowest BCUT2D eigenvalue weighted by atomic mass is 10.1. The summed E-state index contributed by atoms with van der Waals surface area (Å²) in [6.45, 7) is 7.99. The van der Waals surface area contributed by atoms with Gasteiger partial charge < -0.3 is 14.2 Å². The van der Waals surface area contributed by atoms with Crippen molar-refractivity contribution in [3.05, 3.63) is 40.8 Å². The molecule has 0 spiro atoms. The summed E-state index contributed by atoms with van der Waals surface area (Å²) in [5.41, 5.74) is 2.74. The van der Waals surface area contributed by atoms with Gasteiger partial charge in [-0.2, -0.15) is 0 Å². The fourth-order valence-corrected chi connectivity index (χ4v) is 3.86. The third-order valence-electron chi connectivity index (χ3n) is 5.08. The van der Waals surface area contributed by atoms with Gasteiger partial charge in [-0.1, -0.05) is 5.16 Å². The first-order valence-electron chi connectivity index (χ1n) is 9.19. The van der Waals surface area contributed by atoms with Crippen molar-refractivity contribution in [2.24, 2.45) is 0 Å². The van der Waals surface area contributed by atoms with Gasteiger partial charge >= 0.3 is 0 Å². The number of rotatable bonds is 5. The third-order valence-corrected chi connectivity index (χ3v) is 5.80. The Labute approximate surface area is 164 Å². The zero-order valence-corrected chi connectivity index (χ0v) is 17.3. The number of hydrogen-bond acceptors (Lipinski definition) is 6. The molecule has 0 unspecified atom stereocenters. The number of amides is 1. The van der Waals surface area contributed by atoms with Crippen LogP contribution in [0.2, 0.25) is 0 Å². The molecule has 1 aromatic carbocycles. The SMILES string of the molecule is COc1cc(SC)ccc1C(=O)N1CCCN(Cc2c(C)noc2C)CC1. The highest BCUT2D eigenvalue weighted by Crippen LogP contribution is 2.27. The summed E-state index contributed by atoms with van der Waals surface area (Å²) in [5.74, 6) is 1.56. The Morgan fingerprint density at radius 1 is 1.26 bits per heavy atom. The van der Waals surface area contributed by atoms with Crippen LogP contribution in [0.15, 0.2) is 27.6 Å². The Balaban J connectivity index is 1.68. The van der Waals surface area contributed by atoms with E-state index in [0.29, 0.717) is 17.9 Å². The molecule has 1 aromatic heterocycles. The number of carbonyl (C=O) groups is 1. The maximum Gasteiger partial charge on any atom is 0.257 e. The van der Waals surface area contributed by atoms with Crippen molar-refractivity contribution in [3.63, 3.8) is 0 Å². The third kappa shape index (κ3) is 4.47. The molecule has 0 N–H and O–H groups in total. The average molecular weight is 390 g/mol. The first-order chi connectivity index (χ1) is 13.0. The van der Waals surface area contributed by atoms with Crippen molar-refractivity contribution < 1.29 is 14.1 Å². The number of thioether (sulfide) groups is 1. The molecule has 2 heterocycles. The number of ether oxygens (including phenoxy) is 1. The quantitative estimate of drug-likeness (QED) is 0.731. The van der Waals surface area contributed by atoms with Crippen LogP contribution in [-0.4, -0.2) is 60.4 Å². The molecule has 1 fully saturated rings. The maximum atomic E-state index is 13.1. The summed E-state index contributed by atoms with van der Waals surface area (Å²) in [5, 5.41) is 4.04. The second-order valence-electron chi connectivity index (χ2n) is 6.79. The van der Waals surface area contributed by atoms with Crippen molar-refractivity contribution >= 4 is 17.7 Å². The van der Waals surface area contributed by atoms with Crippen molar-refractivity contribution in [1.82, 2.24) is 15.0 Å². The molecule has 7 heteroatoms. The highest BCUT2D eigenvalue weighted by atomic mass is 32.2. The van der Waals surface area contributed by atoms with E-state index < -0.39 is 0 Å². The minimum Gasteiger partial charge on any atom is -0.496 e. The van der Waals surface area contributed by atoms with Gasteiger partial charge in [0.15, 0.2) is 0 Å². The van der Waals surface area contributed by atoms with Crippen LogP contribution in [0.25, 0.3) is 0 Å². The lowest BCUT2D eigenvalue weighted by Gasteiger charge is -2.23. The molecule has 0 saturated carbocycles. The Morgan fingerprint density at radius 3 is 2.74 bits per heavy atom. The van der Waals surface area contributed by atoms with Crippen molar-refractivity contribution in [2.75, 3.05) is 39.5 Å². The minimum absolute atomic E-state index is 0.0405. The number of hydrogen-bond donors (Lipinski definition) is 0. The Morgan fingerprint density at radius 2 is 2.07 bits per heavy atom. The molecule has 0 radical (unpaired) electrons. The number of carbonyl (C=O) groups excluding carboxylic acids is 1. The van der Waals surface area contributed by atoms with E-state index in [1.165, 1.54) is 0 Å². The Hall–Kier alpha value is -1.99. The maximum absolute atomic E-state index is 13.1. The number of methoxy groups -OCH3 is 1. The molecule has 3 rings (SSSR count). The van der Waals surface area contributed by atoms with Gasteiger partial charge in [0, 0.05) is 43.2 Å². The topological polar surface area (TPSA) is 58.8 Å². The van der Waals surface area contributed by atoms with Crippen LogP contribution in [-0.2, 0) is 6.54 Å². The highest BCUT2D eigenvalue weighted by molar-refractivity contribution is 7.98. The normalized spacial score (nSPS) is 15.6. The molecule has 6 nitrogen and oxygen atoms in total. The van der Waals surface area contributed by atoms with Crippen molar-refractivity contribution in [1.29, 1.82) is 0 Å². The highest BCUT2D eigenvalue weighted by Gasteiger charge is 2.24. The van der Waals surface area contributed by atoms with Crippen LogP contribution >= 0.6 is 11.8 Å². The van der Waals surface area contributed by atoms with Gasteiger partial charge in [0.05, 0.1) is 18.4 Å². The van der Waals surface area contributed by atoms with Gasteiger partial charge in [-0.25, -0.2) is 0 Å². The van der Waals surface area contributed by atoms with E-state index in [9.17, 15) is 4.79 Å². The number of aryl methyl sites for hydroxylation is 2. The first kappa shape index (κ1) is 19.8. The van der Waals surface area contributed by atoms with Gasteiger partial charge in [0.2, 0.25) is 0 Å². The predicted octanol–water partition coefficient (Wildman–Crippen LogP) is 3.37. The summed E-state index contributed by atoms with van der Waals surface area (Å²) in [6.07, 6.45) is 2.96. The lowest BCUT2D eigenvalue weighted by Crippen LogP contribution is -2.35. The van der Waals surface area contributed by atoms with E-state index in [2.05, 4.69) is 10.1 Å². The van der Waals surface area contributed by atoms with Crippen LogP contribution in [0.4, 0.5) is 0 Å². The van der Waals surface area contributed by atoms with Gasteiger partial charge in [-0.15, -0.1) is 11.8 Å². The molecule has 27 heavy (non-hydrogen) atoms. The minimum atomic E-state index is 0.0405. The second-order valence-corrected chi connectivity index (χ2v) is 7.67. The molecule has 1 amide bonds. The van der Waals surface area contributed by atoms with Gasteiger partial charge in [-0.05, 0) is 44.7 Å². The van der Waals surface area contributed by atoms with E-state index in [-0.39, 0.29) is 5.91 Å². The molecular weight excluding hydrogens is 362 g/mol. The van der Waals surface area contributed by atoms with Crippen LogP contribution in [0.3, 0.4) is 0 Å². The van der Waals surface area contributed by atoms with E-state index in [1.807, 2.05) is 43.2 Å². The summed E-state index contributed by atoms with van der Waals surface area (Å²) in [6, 6.07) is 5.78. The molecule has 0 bridgehead atoms. The van der Waals surface area contributed by atoms with Gasteiger partial charge in [0.25, 0.3) is 5.91 Å². The Bertz CT molecular complexity index is 786. The summed E-state index contributed by atoms with van der Waals surface area (Å²) in [4.78, 5) is 18.5. The second kappa shape index (κ2) is 8.80. The summed E-state index contributed by atoms with van der Waals surface area (Å²) in [7, 11) is 1.62. The van der Waals surface area contributed by atoms with E-state index in [1.54, 1.807) is 18.9 Å². The van der Waals surface area contributed by atoms with Crippen LogP contribution in [0.1, 0.15) is 33.8 Å². The number of aromatic nitrogens is 1.